The lowest BCUT2D eigenvalue weighted by molar-refractivity contribution is 0.103. The maximum absolute atomic E-state index is 13.0. The van der Waals surface area contributed by atoms with Gasteiger partial charge in [0, 0.05) is 29.0 Å². The molecule has 4 nitrogen and oxygen atoms in total. The van der Waals surface area contributed by atoms with Gasteiger partial charge in [0.25, 0.3) is 0 Å². The summed E-state index contributed by atoms with van der Waals surface area (Å²) in [5.41, 5.74) is 2.61. The number of fused-ring (bicyclic) bond motifs is 1. The van der Waals surface area contributed by atoms with Crippen LogP contribution < -0.4 is 5.43 Å². The van der Waals surface area contributed by atoms with Gasteiger partial charge in [-0.05, 0) is 36.8 Å². The van der Waals surface area contributed by atoms with Crippen LogP contribution in [-0.4, -0.2) is 15.3 Å². The van der Waals surface area contributed by atoms with Crippen molar-refractivity contribution in [1.82, 2.24) is 9.55 Å². The quantitative estimate of drug-likeness (QED) is 0.478. The van der Waals surface area contributed by atoms with Gasteiger partial charge in [-0.1, -0.05) is 54.1 Å². The van der Waals surface area contributed by atoms with Gasteiger partial charge < -0.3 is 4.57 Å². The van der Waals surface area contributed by atoms with Gasteiger partial charge in [0.15, 0.2) is 5.78 Å². The minimum absolute atomic E-state index is 0.131. The van der Waals surface area contributed by atoms with E-state index in [-0.39, 0.29) is 16.8 Å². The monoisotopic (exact) mass is 388 g/mol. The van der Waals surface area contributed by atoms with Crippen molar-refractivity contribution in [3.05, 3.63) is 111 Å². The number of ketones is 1. The number of carbonyl (C=O) groups is 1. The lowest BCUT2D eigenvalue weighted by atomic mass is 10.0. The lowest BCUT2D eigenvalue weighted by Gasteiger charge is -2.13. The zero-order chi connectivity index (χ0) is 19.7. The van der Waals surface area contributed by atoms with Crippen LogP contribution in [0.2, 0.25) is 5.02 Å². The molecule has 0 unspecified atom stereocenters. The molecule has 0 saturated carbocycles. The molecule has 0 aliphatic carbocycles. The van der Waals surface area contributed by atoms with E-state index in [1.54, 1.807) is 48.7 Å². The molecule has 0 aliphatic rings. The summed E-state index contributed by atoms with van der Waals surface area (Å²) in [4.78, 5) is 30.5. The molecule has 0 radical (unpaired) electrons. The summed E-state index contributed by atoms with van der Waals surface area (Å²) in [6.45, 7) is 2.32. The molecular weight excluding hydrogens is 372 g/mol. The number of halogens is 1. The van der Waals surface area contributed by atoms with Gasteiger partial charge >= 0.3 is 0 Å². The van der Waals surface area contributed by atoms with Gasteiger partial charge in [-0.2, -0.15) is 0 Å². The third kappa shape index (κ3) is 3.47. The molecule has 0 fully saturated rings. The standard InChI is InChI=1S/C23H17ClN2O2/c1-15-10-11-19-22(28)20(21(27)17-7-3-2-4-8-17)14-26(23(19)25-15)13-16-6-5-9-18(24)12-16/h2-12,14H,13H2,1H3. The molecule has 0 saturated heterocycles. The Morgan fingerprint density at radius 2 is 1.82 bits per heavy atom. The first-order valence-corrected chi connectivity index (χ1v) is 9.26. The number of benzene rings is 2. The van der Waals surface area contributed by atoms with Gasteiger partial charge in [-0.25, -0.2) is 4.98 Å². The molecule has 0 bridgehead atoms. The highest BCUT2D eigenvalue weighted by Gasteiger charge is 2.18. The topological polar surface area (TPSA) is 52.0 Å². The first kappa shape index (κ1) is 18.1. The van der Waals surface area contributed by atoms with Crippen LogP contribution in [0.5, 0.6) is 0 Å². The van der Waals surface area contributed by atoms with Crippen LogP contribution in [0.15, 0.2) is 77.7 Å². The van der Waals surface area contributed by atoms with Crippen molar-refractivity contribution in [2.75, 3.05) is 0 Å². The van der Waals surface area contributed by atoms with Crippen molar-refractivity contribution in [3.8, 4) is 0 Å². The summed E-state index contributed by atoms with van der Waals surface area (Å²) in [5.74, 6) is -0.298. The van der Waals surface area contributed by atoms with E-state index in [0.29, 0.717) is 28.2 Å². The SMILES string of the molecule is Cc1ccc2c(=O)c(C(=O)c3ccccc3)cn(Cc3cccc(Cl)c3)c2n1. The summed E-state index contributed by atoms with van der Waals surface area (Å²) >= 11 is 6.11. The van der Waals surface area contributed by atoms with E-state index in [9.17, 15) is 9.59 Å². The van der Waals surface area contributed by atoms with E-state index in [4.69, 9.17) is 11.6 Å². The molecule has 0 spiro atoms. The van der Waals surface area contributed by atoms with E-state index in [1.807, 2.05) is 35.8 Å². The second kappa shape index (κ2) is 7.41. The van der Waals surface area contributed by atoms with Crippen molar-refractivity contribution in [2.24, 2.45) is 0 Å². The fourth-order valence-corrected chi connectivity index (χ4v) is 3.43. The Morgan fingerprint density at radius 1 is 1.04 bits per heavy atom. The average molecular weight is 389 g/mol. The highest BCUT2D eigenvalue weighted by Crippen LogP contribution is 2.17. The molecule has 2 heterocycles. The molecule has 28 heavy (non-hydrogen) atoms. The van der Waals surface area contributed by atoms with Gasteiger partial charge in [-0.3, -0.25) is 9.59 Å². The molecule has 0 amide bonds. The fourth-order valence-electron chi connectivity index (χ4n) is 3.22. The van der Waals surface area contributed by atoms with Crippen molar-refractivity contribution >= 4 is 28.4 Å². The molecule has 0 N–H and O–H groups in total. The predicted molar refractivity (Wildman–Crippen MR) is 111 cm³/mol. The van der Waals surface area contributed by atoms with Crippen LogP contribution in [0.3, 0.4) is 0 Å². The Balaban J connectivity index is 1.92. The Kier molecular flexibility index (Phi) is 4.80. The zero-order valence-electron chi connectivity index (χ0n) is 15.2. The lowest BCUT2D eigenvalue weighted by Crippen LogP contribution is -2.21. The molecule has 138 valence electrons. The summed E-state index contributed by atoms with van der Waals surface area (Å²) in [6.07, 6.45) is 1.60. The number of hydrogen-bond donors (Lipinski definition) is 0. The van der Waals surface area contributed by atoms with Crippen LogP contribution in [0.4, 0.5) is 0 Å². The molecule has 0 atom stereocenters. The van der Waals surface area contributed by atoms with E-state index in [2.05, 4.69) is 4.98 Å². The first-order chi connectivity index (χ1) is 13.5. The van der Waals surface area contributed by atoms with E-state index in [0.717, 1.165) is 11.3 Å². The summed E-state index contributed by atoms with van der Waals surface area (Å²) in [6, 6.07) is 19.8. The van der Waals surface area contributed by atoms with E-state index >= 15 is 0 Å². The highest BCUT2D eigenvalue weighted by atomic mass is 35.5. The number of hydrogen-bond acceptors (Lipinski definition) is 3. The molecule has 4 rings (SSSR count). The van der Waals surface area contributed by atoms with Crippen LogP contribution in [0, 0.1) is 6.92 Å². The Labute approximate surface area is 167 Å². The number of nitrogens with zero attached hydrogens (tertiary/aromatic N) is 2. The third-order valence-corrected chi connectivity index (χ3v) is 4.82. The number of carbonyl (C=O) groups excluding carboxylic acids is 1. The summed E-state index contributed by atoms with van der Waals surface area (Å²) < 4.78 is 1.84. The maximum atomic E-state index is 13.0. The predicted octanol–water partition coefficient (Wildman–Crippen LogP) is 4.64. The summed E-state index contributed by atoms with van der Waals surface area (Å²) in [5, 5.41) is 1.06. The Morgan fingerprint density at radius 3 is 2.57 bits per heavy atom. The molecular formula is C23H17ClN2O2. The minimum atomic E-state index is -0.307. The summed E-state index contributed by atoms with van der Waals surface area (Å²) in [7, 11) is 0. The van der Waals surface area contributed by atoms with Crippen molar-refractivity contribution < 1.29 is 4.79 Å². The van der Waals surface area contributed by atoms with Crippen molar-refractivity contribution in [2.45, 2.75) is 13.5 Å². The fraction of sp³-hybridized carbons (Fsp3) is 0.0870. The van der Waals surface area contributed by atoms with Crippen LogP contribution in [-0.2, 0) is 6.54 Å². The number of aryl methyl sites for hydroxylation is 1. The smallest absolute Gasteiger partial charge is 0.202 e. The molecule has 0 aliphatic heterocycles. The second-order valence-corrected chi connectivity index (χ2v) is 7.09. The van der Waals surface area contributed by atoms with Gasteiger partial charge in [0.2, 0.25) is 5.43 Å². The Hall–Kier alpha value is -3.24. The zero-order valence-corrected chi connectivity index (χ0v) is 16.0. The molecule has 2 aromatic heterocycles. The molecule has 4 aromatic rings. The van der Waals surface area contributed by atoms with E-state index in [1.165, 1.54) is 0 Å². The van der Waals surface area contributed by atoms with Crippen molar-refractivity contribution in [3.63, 3.8) is 0 Å². The maximum Gasteiger partial charge on any atom is 0.202 e. The largest absolute Gasteiger partial charge is 0.327 e. The average Bonchev–Trinajstić information content (AvgIpc) is 2.70. The van der Waals surface area contributed by atoms with Crippen molar-refractivity contribution in [1.29, 1.82) is 0 Å². The number of aromatic nitrogens is 2. The van der Waals surface area contributed by atoms with Gasteiger partial charge in [0.1, 0.15) is 5.65 Å². The molecule has 2 aromatic carbocycles. The van der Waals surface area contributed by atoms with Crippen LogP contribution in [0.25, 0.3) is 11.0 Å². The van der Waals surface area contributed by atoms with Gasteiger partial charge in [0.05, 0.1) is 10.9 Å². The second-order valence-electron chi connectivity index (χ2n) is 6.65. The van der Waals surface area contributed by atoms with Gasteiger partial charge in [-0.15, -0.1) is 0 Å². The van der Waals surface area contributed by atoms with E-state index < -0.39 is 0 Å². The van der Waals surface area contributed by atoms with Crippen LogP contribution in [0.1, 0.15) is 27.2 Å². The highest BCUT2D eigenvalue weighted by molar-refractivity contribution is 6.30. The Bertz CT molecular complexity index is 1250. The van der Waals surface area contributed by atoms with Crippen LogP contribution >= 0.6 is 11.6 Å². The normalized spacial score (nSPS) is 10.9. The number of rotatable bonds is 4. The third-order valence-electron chi connectivity index (χ3n) is 4.58. The first-order valence-electron chi connectivity index (χ1n) is 8.88. The number of pyridine rings is 2. The minimum Gasteiger partial charge on any atom is -0.327 e. The molecule has 5 heteroatoms.